The van der Waals surface area contributed by atoms with Crippen LogP contribution in [0.3, 0.4) is 0 Å². The molecule has 15 aromatic carbocycles. The second-order valence-corrected chi connectivity index (χ2v) is 25.5. The molecular formula is C78H41BN2S2. The van der Waals surface area contributed by atoms with Crippen molar-refractivity contribution in [2.75, 3.05) is 0 Å². The van der Waals surface area contributed by atoms with Crippen LogP contribution in [0.1, 0.15) is 0 Å². The van der Waals surface area contributed by atoms with Crippen molar-refractivity contribution in [3.8, 4) is 33.6 Å². The molecule has 21 rings (SSSR count). The van der Waals surface area contributed by atoms with E-state index in [0.29, 0.717) is 0 Å². The summed E-state index contributed by atoms with van der Waals surface area (Å²) in [6.07, 6.45) is 0. The monoisotopic (exact) mass is 1080 g/mol. The molecule has 4 aromatic heterocycles. The van der Waals surface area contributed by atoms with E-state index in [2.05, 4.69) is 258 Å². The van der Waals surface area contributed by atoms with Crippen LogP contribution in [0.15, 0.2) is 249 Å². The summed E-state index contributed by atoms with van der Waals surface area (Å²) in [5, 5.41) is 26.0. The molecule has 6 heterocycles. The Hall–Kier alpha value is -10.0. The van der Waals surface area contributed by atoms with Crippen LogP contribution in [0.4, 0.5) is 0 Å². The Morgan fingerprint density at radius 2 is 0.675 bits per heavy atom. The average Bonchev–Trinajstić information content (AvgIpc) is 2.33. The minimum atomic E-state index is -0.105. The van der Waals surface area contributed by atoms with E-state index in [1.165, 1.54) is 199 Å². The first-order valence-electron chi connectivity index (χ1n) is 28.8. The van der Waals surface area contributed by atoms with Crippen molar-refractivity contribution >= 4 is 194 Å². The molecule has 19 aromatic rings. The standard InChI is InChI=1S/C78H41BN2S2/c1-4-18-50-46(14-1)47-15-2-5-19-51(47)59-41-69-61(39-58(50)59)64-40-62-52-20-6-3-16-48(52)49-17-7-8-23-57(49)74(62)76-78(64)81(69)68-25-13-24-67-75(68)79(76)65-36-45(44-29-32-56-54-22-10-12-27-71(54)83-73(56)38-44)35-63-60-34-42(30-33-66(60)80(67)77(63)65)43-28-31-55-53-21-9-11-26-70(53)82-72(55)37-43/h1-41H. The molecule has 0 amide bonds. The van der Waals surface area contributed by atoms with Gasteiger partial charge in [0.1, 0.15) is 0 Å². The maximum Gasteiger partial charge on any atom is 0.253 e. The van der Waals surface area contributed by atoms with Gasteiger partial charge in [0, 0.05) is 78.8 Å². The maximum absolute atomic E-state index is 2.69. The molecular weight excluding hydrogens is 1040 g/mol. The van der Waals surface area contributed by atoms with Crippen LogP contribution in [0, 0.1) is 0 Å². The van der Waals surface area contributed by atoms with Crippen LogP contribution in [-0.2, 0) is 0 Å². The Labute approximate surface area is 482 Å². The highest BCUT2D eigenvalue weighted by molar-refractivity contribution is 7.26. The van der Waals surface area contributed by atoms with E-state index >= 15 is 0 Å². The van der Waals surface area contributed by atoms with Crippen LogP contribution in [0.5, 0.6) is 0 Å². The lowest BCUT2D eigenvalue weighted by molar-refractivity contribution is 1.14. The first-order chi connectivity index (χ1) is 41.2. The van der Waals surface area contributed by atoms with Gasteiger partial charge in [-0.25, -0.2) is 0 Å². The summed E-state index contributed by atoms with van der Waals surface area (Å²) in [4.78, 5) is 0. The summed E-state index contributed by atoms with van der Waals surface area (Å²) >= 11 is 3.79. The smallest absolute Gasteiger partial charge is 0.253 e. The molecule has 0 spiro atoms. The van der Waals surface area contributed by atoms with Gasteiger partial charge in [0.05, 0.1) is 16.6 Å². The predicted molar refractivity (Wildman–Crippen MR) is 361 cm³/mol. The number of hydrogen-bond acceptors (Lipinski definition) is 2. The fourth-order valence-electron chi connectivity index (χ4n) is 16.0. The highest BCUT2D eigenvalue weighted by atomic mass is 32.1. The second-order valence-electron chi connectivity index (χ2n) is 23.3. The number of rotatable bonds is 2. The summed E-state index contributed by atoms with van der Waals surface area (Å²) in [6.45, 7) is -0.105. The van der Waals surface area contributed by atoms with Gasteiger partial charge in [0.2, 0.25) is 0 Å². The van der Waals surface area contributed by atoms with Gasteiger partial charge in [0.25, 0.3) is 6.71 Å². The fraction of sp³-hybridized carbons (Fsp3) is 0. The molecule has 0 fully saturated rings. The van der Waals surface area contributed by atoms with Gasteiger partial charge in [-0.15, -0.1) is 22.7 Å². The number of hydrogen-bond donors (Lipinski definition) is 0. The maximum atomic E-state index is 2.69. The highest BCUT2D eigenvalue weighted by Crippen LogP contribution is 2.48. The minimum Gasteiger partial charge on any atom is -0.310 e. The van der Waals surface area contributed by atoms with Crippen LogP contribution in [0.25, 0.3) is 182 Å². The van der Waals surface area contributed by atoms with Crippen LogP contribution >= 0.6 is 22.7 Å². The minimum absolute atomic E-state index is 0.105. The first kappa shape index (κ1) is 43.7. The molecule has 83 heavy (non-hydrogen) atoms. The van der Waals surface area contributed by atoms with Crippen molar-refractivity contribution in [3.05, 3.63) is 249 Å². The Morgan fingerprint density at radius 1 is 0.241 bits per heavy atom. The Balaban J connectivity index is 0.939. The molecule has 0 saturated carbocycles. The zero-order chi connectivity index (χ0) is 53.5. The molecule has 5 heteroatoms. The molecule has 2 nitrogen and oxygen atoms in total. The van der Waals surface area contributed by atoms with Gasteiger partial charge in [-0.1, -0.05) is 176 Å². The van der Waals surface area contributed by atoms with Crippen molar-refractivity contribution in [3.63, 3.8) is 0 Å². The largest absolute Gasteiger partial charge is 0.310 e. The lowest BCUT2D eigenvalue weighted by atomic mass is 9.33. The van der Waals surface area contributed by atoms with Gasteiger partial charge < -0.3 is 9.13 Å². The molecule has 0 aliphatic carbocycles. The molecule has 0 bridgehead atoms. The van der Waals surface area contributed by atoms with Crippen molar-refractivity contribution in [2.24, 2.45) is 0 Å². The van der Waals surface area contributed by atoms with Crippen LogP contribution in [-0.4, -0.2) is 15.8 Å². The van der Waals surface area contributed by atoms with Crippen molar-refractivity contribution in [2.45, 2.75) is 0 Å². The van der Waals surface area contributed by atoms with Crippen molar-refractivity contribution in [1.82, 2.24) is 9.13 Å². The van der Waals surface area contributed by atoms with Gasteiger partial charge in [0.15, 0.2) is 0 Å². The first-order valence-corrected chi connectivity index (χ1v) is 30.5. The number of benzene rings is 15. The van der Waals surface area contributed by atoms with Crippen LogP contribution < -0.4 is 16.4 Å². The quantitative estimate of drug-likeness (QED) is 0.121. The Kier molecular flexibility index (Phi) is 8.16. The Morgan fingerprint density at radius 3 is 1.30 bits per heavy atom. The van der Waals surface area contributed by atoms with Gasteiger partial charge in [-0.2, -0.15) is 0 Å². The van der Waals surface area contributed by atoms with Gasteiger partial charge in [-0.05, 0) is 176 Å². The molecule has 0 radical (unpaired) electrons. The third-order valence-corrected chi connectivity index (χ3v) is 21.7. The second kappa shape index (κ2) is 15.5. The zero-order valence-electron chi connectivity index (χ0n) is 44.5. The van der Waals surface area contributed by atoms with Crippen molar-refractivity contribution < 1.29 is 0 Å². The van der Waals surface area contributed by atoms with E-state index in [9.17, 15) is 0 Å². The molecule has 2 aliphatic rings. The summed E-state index contributed by atoms with van der Waals surface area (Å²) < 4.78 is 10.6. The molecule has 378 valence electrons. The normalized spacial score (nSPS) is 13.0. The third kappa shape index (κ3) is 5.51. The van der Waals surface area contributed by atoms with Crippen molar-refractivity contribution in [1.29, 1.82) is 0 Å². The number of thiophene rings is 2. The highest BCUT2D eigenvalue weighted by Gasteiger charge is 2.43. The van der Waals surface area contributed by atoms with Gasteiger partial charge in [-0.3, -0.25) is 0 Å². The topological polar surface area (TPSA) is 9.86 Å². The fourth-order valence-corrected chi connectivity index (χ4v) is 18.3. The summed E-state index contributed by atoms with van der Waals surface area (Å²) in [6, 6.07) is 95.8. The summed E-state index contributed by atoms with van der Waals surface area (Å²) in [7, 11) is 0. The Bertz CT molecular complexity index is 6270. The molecule has 2 aliphatic heterocycles. The average molecular weight is 1080 g/mol. The lowest BCUT2D eigenvalue weighted by Gasteiger charge is -2.35. The number of fused-ring (bicyclic) bond motifs is 29. The molecule has 0 atom stereocenters. The van der Waals surface area contributed by atoms with Gasteiger partial charge >= 0.3 is 0 Å². The van der Waals surface area contributed by atoms with E-state index in [-0.39, 0.29) is 6.71 Å². The molecule has 0 saturated heterocycles. The molecule has 0 unspecified atom stereocenters. The third-order valence-electron chi connectivity index (χ3n) is 19.4. The summed E-state index contributed by atoms with van der Waals surface area (Å²) in [5.41, 5.74) is 16.6. The number of nitrogens with zero attached hydrogens (tertiary/aromatic N) is 2. The SMILES string of the molecule is c1cc2c3c(c1)-n1c4cc5c6ccccc6c6ccccc6c5cc4c4cc5c6ccccc6c6ccccc6c5c(c41)B3c1cc(-c3ccc4c(c3)sc3ccccc34)cc3c4cc(-c5ccc6c(c5)sc5ccccc56)ccc4n-2c13. The van der Waals surface area contributed by atoms with E-state index in [0.717, 1.165) is 0 Å². The summed E-state index contributed by atoms with van der Waals surface area (Å²) in [5.74, 6) is 0. The number of aromatic nitrogens is 2. The van der Waals surface area contributed by atoms with E-state index in [1.54, 1.807) is 0 Å². The van der Waals surface area contributed by atoms with Crippen LogP contribution in [0.2, 0.25) is 0 Å². The zero-order valence-corrected chi connectivity index (χ0v) is 46.1. The van der Waals surface area contributed by atoms with E-state index < -0.39 is 0 Å². The lowest BCUT2D eigenvalue weighted by Crippen LogP contribution is -2.59. The molecule has 0 N–H and O–H groups in total. The van der Waals surface area contributed by atoms with E-state index in [1.807, 2.05) is 22.7 Å². The van der Waals surface area contributed by atoms with E-state index in [4.69, 9.17) is 0 Å². The predicted octanol–water partition coefficient (Wildman–Crippen LogP) is 20.0.